The smallest absolute Gasteiger partial charge is 0.243 e. The molecular weight excluding hydrogens is 548 g/mol. The van der Waals surface area contributed by atoms with Crippen molar-refractivity contribution < 1.29 is 35.8 Å². The molecule has 1 amide bonds. The molecule has 0 N–H and O–H groups in total. The van der Waals surface area contributed by atoms with Crippen LogP contribution in [0.15, 0.2) is 47.4 Å². The summed E-state index contributed by atoms with van der Waals surface area (Å²) in [6, 6.07) is 11.4. The maximum absolute atomic E-state index is 13.1. The van der Waals surface area contributed by atoms with Gasteiger partial charge in [-0.2, -0.15) is 4.31 Å². The zero-order chi connectivity index (χ0) is 27.6. The summed E-state index contributed by atoms with van der Waals surface area (Å²) >= 11 is 0. The van der Waals surface area contributed by atoms with E-state index in [4.69, 9.17) is 14.2 Å². The molecule has 0 bridgehead atoms. The van der Waals surface area contributed by atoms with Crippen LogP contribution in [-0.4, -0.2) is 109 Å². The molecule has 2 aromatic carbocycles. The predicted molar refractivity (Wildman–Crippen MR) is 143 cm³/mol. The number of hydrogen-bond donors (Lipinski definition) is 0. The van der Waals surface area contributed by atoms with Gasteiger partial charge in [0.05, 0.1) is 30.1 Å². The van der Waals surface area contributed by atoms with E-state index in [1.807, 2.05) is 18.2 Å². The average Bonchev–Trinajstić information content (AvgIpc) is 3.40. The van der Waals surface area contributed by atoms with Gasteiger partial charge in [0.2, 0.25) is 32.7 Å². The predicted octanol–water partition coefficient (Wildman–Crippen LogP) is 0.547. The number of carbonyl (C=O) groups excluding carboxylic acids is 1. The van der Waals surface area contributed by atoms with E-state index in [2.05, 4.69) is 4.90 Å². The van der Waals surface area contributed by atoms with Gasteiger partial charge in [0.15, 0.2) is 11.5 Å². The molecule has 0 spiro atoms. The molecule has 3 aliphatic heterocycles. The van der Waals surface area contributed by atoms with Crippen molar-refractivity contribution in [3.63, 3.8) is 0 Å². The monoisotopic (exact) mass is 580 g/mol. The summed E-state index contributed by atoms with van der Waals surface area (Å²) in [5.74, 6) is 1.15. The third-order valence-electron chi connectivity index (χ3n) is 6.98. The Labute approximate surface area is 228 Å². The molecule has 2 saturated heterocycles. The minimum atomic E-state index is -3.80. The molecule has 2 fully saturated rings. The molecule has 0 unspecified atom stereocenters. The summed E-state index contributed by atoms with van der Waals surface area (Å²) in [5, 5.41) is 0. The summed E-state index contributed by atoms with van der Waals surface area (Å²) < 4.78 is 69.4. The number of hydrogen-bond acceptors (Lipinski definition) is 9. The summed E-state index contributed by atoms with van der Waals surface area (Å²) in [7, 11) is -7.52. The van der Waals surface area contributed by atoms with E-state index < -0.39 is 20.0 Å². The molecule has 2 aromatic rings. The molecule has 0 saturated carbocycles. The third kappa shape index (κ3) is 6.30. The molecule has 0 atom stereocenters. The number of nitrogens with zero attached hydrogens (tertiary/aromatic N) is 4. The Morgan fingerprint density at radius 2 is 1.54 bits per heavy atom. The van der Waals surface area contributed by atoms with E-state index in [1.165, 1.54) is 28.6 Å². The van der Waals surface area contributed by atoms with Crippen molar-refractivity contribution in [2.45, 2.75) is 11.4 Å². The zero-order valence-corrected chi connectivity index (χ0v) is 23.3. The van der Waals surface area contributed by atoms with Crippen LogP contribution in [0.5, 0.6) is 11.5 Å². The van der Waals surface area contributed by atoms with Gasteiger partial charge in [0, 0.05) is 45.8 Å². The summed E-state index contributed by atoms with van der Waals surface area (Å²) in [4.78, 5) is 17.1. The lowest BCUT2D eigenvalue weighted by Gasteiger charge is -2.36. The molecule has 3 heterocycles. The van der Waals surface area contributed by atoms with Gasteiger partial charge in [-0.3, -0.25) is 14.0 Å². The van der Waals surface area contributed by atoms with Crippen molar-refractivity contribution in [3.05, 3.63) is 48.0 Å². The highest BCUT2D eigenvalue weighted by molar-refractivity contribution is 7.92. The van der Waals surface area contributed by atoms with Crippen molar-refractivity contribution >= 4 is 31.6 Å². The van der Waals surface area contributed by atoms with Gasteiger partial charge in [0.25, 0.3) is 0 Å². The van der Waals surface area contributed by atoms with Gasteiger partial charge in [-0.1, -0.05) is 6.07 Å². The number of sulfonamides is 2. The van der Waals surface area contributed by atoms with Crippen LogP contribution < -0.4 is 13.8 Å². The van der Waals surface area contributed by atoms with Crippen LogP contribution in [0.4, 0.5) is 5.69 Å². The molecule has 0 radical (unpaired) electrons. The number of amides is 1. The topological polar surface area (TPSA) is 126 Å². The van der Waals surface area contributed by atoms with E-state index in [0.29, 0.717) is 45.9 Å². The van der Waals surface area contributed by atoms with E-state index in [-0.39, 0.29) is 42.9 Å². The van der Waals surface area contributed by atoms with Gasteiger partial charge in [-0.05, 0) is 42.0 Å². The SMILES string of the molecule is CS(=O)(=O)N(CC(=O)N1CCN(Cc2ccc3c(c2)OCO3)CC1)c1ccc(S(=O)(=O)N2CCOCC2)cc1. The number of benzene rings is 2. The highest BCUT2D eigenvalue weighted by Gasteiger charge is 2.29. The highest BCUT2D eigenvalue weighted by Crippen LogP contribution is 2.33. The van der Waals surface area contributed by atoms with Crippen molar-refractivity contribution in [1.29, 1.82) is 0 Å². The lowest BCUT2D eigenvalue weighted by Crippen LogP contribution is -2.51. The van der Waals surface area contributed by atoms with E-state index in [0.717, 1.165) is 27.6 Å². The first-order valence-electron chi connectivity index (χ1n) is 12.7. The molecule has 0 aliphatic carbocycles. The number of carbonyl (C=O) groups is 1. The van der Waals surface area contributed by atoms with Crippen LogP contribution in [0.3, 0.4) is 0 Å². The zero-order valence-electron chi connectivity index (χ0n) is 21.7. The van der Waals surface area contributed by atoms with E-state index >= 15 is 0 Å². The van der Waals surface area contributed by atoms with Gasteiger partial charge in [-0.15, -0.1) is 0 Å². The van der Waals surface area contributed by atoms with Gasteiger partial charge in [-0.25, -0.2) is 16.8 Å². The number of fused-ring (bicyclic) bond motifs is 1. The number of anilines is 1. The Hall–Kier alpha value is -2.91. The number of ether oxygens (including phenoxy) is 3. The Morgan fingerprint density at radius 1 is 0.872 bits per heavy atom. The van der Waals surface area contributed by atoms with Crippen LogP contribution in [-0.2, 0) is 36.1 Å². The third-order valence-corrected chi connectivity index (χ3v) is 10.0. The first-order chi connectivity index (χ1) is 18.6. The first kappa shape index (κ1) is 27.6. The molecule has 0 aromatic heterocycles. The van der Waals surface area contributed by atoms with Gasteiger partial charge in [0.1, 0.15) is 6.54 Å². The quantitative estimate of drug-likeness (QED) is 0.440. The molecule has 212 valence electrons. The highest BCUT2D eigenvalue weighted by atomic mass is 32.2. The largest absolute Gasteiger partial charge is 0.454 e. The lowest BCUT2D eigenvalue weighted by atomic mass is 10.1. The minimum absolute atomic E-state index is 0.0616. The van der Waals surface area contributed by atoms with E-state index in [1.54, 1.807) is 4.90 Å². The van der Waals surface area contributed by atoms with Crippen molar-refractivity contribution in [2.24, 2.45) is 0 Å². The Bertz CT molecular complexity index is 1400. The molecule has 14 heteroatoms. The maximum Gasteiger partial charge on any atom is 0.243 e. The van der Waals surface area contributed by atoms with E-state index in [9.17, 15) is 21.6 Å². The van der Waals surface area contributed by atoms with Crippen molar-refractivity contribution in [2.75, 3.05) is 76.4 Å². The fraction of sp³-hybridized carbons (Fsp3) is 0.480. The second-order valence-electron chi connectivity index (χ2n) is 9.62. The standard InChI is InChI=1S/C25H32N4O8S2/c1-38(31,32)29(21-3-5-22(6-4-21)39(33,34)28-12-14-35-15-13-28)18-25(30)27-10-8-26(9-11-27)17-20-2-7-23-24(16-20)37-19-36-23/h2-7,16H,8-15,17-19H2,1H3. The molecule has 39 heavy (non-hydrogen) atoms. The fourth-order valence-electron chi connectivity index (χ4n) is 4.80. The number of rotatable bonds is 8. The lowest BCUT2D eigenvalue weighted by molar-refractivity contribution is -0.131. The van der Waals surface area contributed by atoms with Gasteiger partial charge >= 0.3 is 0 Å². The van der Waals surface area contributed by atoms with Crippen LogP contribution in [0, 0.1) is 0 Å². The van der Waals surface area contributed by atoms with Crippen molar-refractivity contribution in [1.82, 2.24) is 14.1 Å². The first-order valence-corrected chi connectivity index (χ1v) is 15.9. The average molecular weight is 581 g/mol. The Kier molecular flexibility index (Phi) is 8.01. The molecule has 5 rings (SSSR count). The van der Waals surface area contributed by atoms with Crippen LogP contribution in [0.2, 0.25) is 0 Å². The summed E-state index contributed by atoms with van der Waals surface area (Å²) in [6.07, 6.45) is 1.03. The second kappa shape index (κ2) is 11.3. The summed E-state index contributed by atoms with van der Waals surface area (Å²) in [6.45, 7) is 3.97. The summed E-state index contributed by atoms with van der Waals surface area (Å²) in [5.41, 5.74) is 1.31. The molecule has 3 aliphatic rings. The number of piperazine rings is 1. The van der Waals surface area contributed by atoms with Crippen molar-refractivity contribution in [3.8, 4) is 11.5 Å². The Balaban J connectivity index is 1.20. The Morgan fingerprint density at radius 3 is 2.21 bits per heavy atom. The normalized spacial score (nSPS) is 18.7. The molecular formula is C25H32N4O8S2. The van der Waals surface area contributed by atoms with Crippen LogP contribution in [0.1, 0.15) is 5.56 Å². The minimum Gasteiger partial charge on any atom is -0.454 e. The van der Waals surface area contributed by atoms with Crippen LogP contribution in [0.25, 0.3) is 0 Å². The maximum atomic E-state index is 13.1. The van der Waals surface area contributed by atoms with Gasteiger partial charge < -0.3 is 19.1 Å². The van der Waals surface area contributed by atoms with Crippen LogP contribution >= 0.6 is 0 Å². The fourth-order valence-corrected chi connectivity index (χ4v) is 7.05. The number of morpholine rings is 1. The second-order valence-corrected chi connectivity index (χ2v) is 13.5. The molecule has 12 nitrogen and oxygen atoms in total.